The Morgan fingerprint density at radius 2 is 1.63 bits per heavy atom. The van der Waals surface area contributed by atoms with Gasteiger partial charge in [0.15, 0.2) is 5.17 Å². The molecule has 0 aliphatic carbocycles. The van der Waals surface area contributed by atoms with Crippen LogP contribution < -0.4 is 9.64 Å². The number of amidine groups is 1. The zero-order chi connectivity index (χ0) is 28.8. The fourth-order valence-electron chi connectivity index (χ4n) is 4.36. The Labute approximate surface area is 253 Å². The molecule has 0 saturated carbocycles. The Hall–Kier alpha value is -4.12. The molecule has 41 heavy (non-hydrogen) atoms. The molecule has 0 unspecified atom stereocenters. The molecule has 1 fully saturated rings. The van der Waals surface area contributed by atoms with E-state index in [2.05, 4.69) is 48.0 Å². The third-order valence-electron chi connectivity index (χ3n) is 6.75. The van der Waals surface area contributed by atoms with Gasteiger partial charge in [0.05, 0.1) is 32.4 Å². The highest BCUT2D eigenvalue weighted by molar-refractivity contribution is 9.10. The van der Waals surface area contributed by atoms with Crippen molar-refractivity contribution in [3.8, 4) is 11.8 Å². The van der Waals surface area contributed by atoms with E-state index in [-0.39, 0.29) is 12.5 Å². The fraction of sp³-hybridized carbons (Fsp3) is 0.147. The summed E-state index contributed by atoms with van der Waals surface area (Å²) in [7, 11) is 0. The largest absolute Gasteiger partial charge is 0.488 e. The average molecular weight is 623 g/mol. The van der Waals surface area contributed by atoms with E-state index in [1.165, 1.54) is 22.9 Å². The number of aliphatic imine (C=N–C) groups is 1. The van der Waals surface area contributed by atoms with E-state index in [1.54, 1.807) is 11.0 Å². The van der Waals surface area contributed by atoms with Gasteiger partial charge in [0, 0.05) is 5.56 Å². The summed E-state index contributed by atoms with van der Waals surface area (Å²) in [6, 6.07) is 31.4. The van der Waals surface area contributed by atoms with Gasteiger partial charge in [0.1, 0.15) is 12.4 Å². The Balaban J connectivity index is 1.42. The van der Waals surface area contributed by atoms with Crippen LogP contribution >= 0.6 is 27.7 Å². The minimum Gasteiger partial charge on any atom is -0.488 e. The predicted molar refractivity (Wildman–Crippen MR) is 171 cm³/mol. The molecule has 204 valence electrons. The topological polar surface area (TPSA) is 65.7 Å². The number of thioether (sulfide) groups is 1. The highest BCUT2D eigenvalue weighted by Gasteiger charge is 2.34. The van der Waals surface area contributed by atoms with Gasteiger partial charge in [-0.1, -0.05) is 62.4 Å². The first-order chi connectivity index (χ1) is 20.0. The van der Waals surface area contributed by atoms with Gasteiger partial charge in [-0.05, 0) is 106 Å². The molecule has 0 N–H and O–H groups in total. The van der Waals surface area contributed by atoms with E-state index >= 15 is 0 Å². The number of nitriles is 1. The molecule has 5 rings (SSSR count). The Kier molecular flexibility index (Phi) is 9.03. The van der Waals surface area contributed by atoms with Gasteiger partial charge < -0.3 is 4.74 Å². The van der Waals surface area contributed by atoms with Crippen molar-refractivity contribution >= 4 is 56.2 Å². The molecule has 1 aliphatic heterocycles. The third kappa shape index (κ3) is 6.62. The molecule has 7 heteroatoms. The van der Waals surface area contributed by atoms with E-state index in [0.717, 1.165) is 39.8 Å². The van der Waals surface area contributed by atoms with Crippen molar-refractivity contribution < 1.29 is 9.53 Å². The van der Waals surface area contributed by atoms with Gasteiger partial charge in [-0.2, -0.15) is 5.26 Å². The molecule has 4 aromatic rings. The lowest BCUT2D eigenvalue weighted by Gasteiger charge is -2.16. The standard InChI is InChI=1S/C34H28BrN3O2S/c1-3-23-9-14-28(15-10-23)37-34-38(29-16-11-24(4-2)12-17-29)33(39)32(41-34)20-25-13-18-31(30(35)19-25)40-22-27-8-6-5-7-26(27)21-36/h5-20H,3-4,22H2,1-2H3/b32-20-,37-34?. The van der Waals surface area contributed by atoms with Crippen LogP contribution in [0.25, 0.3) is 6.08 Å². The van der Waals surface area contributed by atoms with Gasteiger partial charge in [-0.15, -0.1) is 0 Å². The van der Waals surface area contributed by atoms with Crippen LogP contribution in [0.1, 0.15) is 41.7 Å². The molecule has 0 aromatic heterocycles. The molecule has 0 atom stereocenters. The van der Waals surface area contributed by atoms with Gasteiger partial charge in [-0.3, -0.25) is 9.69 Å². The van der Waals surface area contributed by atoms with Crippen molar-refractivity contribution in [3.63, 3.8) is 0 Å². The van der Waals surface area contributed by atoms with Gasteiger partial charge in [0.2, 0.25) is 0 Å². The number of aryl methyl sites for hydroxylation is 2. The van der Waals surface area contributed by atoms with Gasteiger partial charge >= 0.3 is 0 Å². The molecule has 1 aliphatic rings. The van der Waals surface area contributed by atoms with Crippen LogP contribution in [0.2, 0.25) is 0 Å². The van der Waals surface area contributed by atoms with E-state index in [0.29, 0.717) is 21.4 Å². The quantitative estimate of drug-likeness (QED) is 0.184. The summed E-state index contributed by atoms with van der Waals surface area (Å²) >= 11 is 4.97. The van der Waals surface area contributed by atoms with Crippen LogP contribution in [0.4, 0.5) is 11.4 Å². The lowest BCUT2D eigenvalue weighted by Crippen LogP contribution is -2.28. The minimum absolute atomic E-state index is 0.118. The van der Waals surface area contributed by atoms with Gasteiger partial charge in [-0.25, -0.2) is 4.99 Å². The number of amides is 1. The number of carbonyl (C=O) groups is 1. The normalized spacial score (nSPS) is 15.0. The molecule has 0 bridgehead atoms. The summed E-state index contributed by atoms with van der Waals surface area (Å²) in [4.78, 5) is 20.9. The molecule has 4 aromatic carbocycles. The predicted octanol–water partition coefficient (Wildman–Crippen LogP) is 8.83. The number of rotatable bonds is 8. The van der Waals surface area contributed by atoms with Crippen molar-refractivity contribution in [3.05, 3.63) is 128 Å². The monoisotopic (exact) mass is 621 g/mol. The summed E-state index contributed by atoms with van der Waals surface area (Å²) in [5.74, 6) is 0.536. The molecule has 0 radical (unpaired) electrons. The highest BCUT2D eigenvalue weighted by atomic mass is 79.9. The lowest BCUT2D eigenvalue weighted by molar-refractivity contribution is -0.113. The number of nitrogens with zero attached hydrogens (tertiary/aromatic N) is 3. The summed E-state index contributed by atoms with van der Waals surface area (Å²) < 4.78 is 6.74. The molecular formula is C34H28BrN3O2S. The first kappa shape index (κ1) is 28.4. The third-order valence-corrected chi connectivity index (χ3v) is 8.34. The SMILES string of the molecule is CCc1ccc(N=C2S/C(=C\c3ccc(OCc4ccccc4C#N)c(Br)c3)C(=O)N2c2ccc(CC)cc2)cc1. The van der Waals surface area contributed by atoms with E-state index in [1.807, 2.05) is 78.9 Å². The van der Waals surface area contributed by atoms with Crippen LogP contribution in [-0.2, 0) is 24.2 Å². The smallest absolute Gasteiger partial charge is 0.271 e. The molecule has 1 heterocycles. The van der Waals surface area contributed by atoms with Crippen molar-refractivity contribution in [2.24, 2.45) is 4.99 Å². The number of hydrogen-bond donors (Lipinski definition) is 0. The summed E-state index contributed by atoms with van der Waals surface area (Å²) in [6.07, 6.45) is 3.76. The second-order valence-corrected chi connectivity index (χ2v) is 11.3. The molecule has 1 saturated heterocycles. The molecule has 1 amide bonds. The van der Waals surface area contributed by atoms with Crippen molar-refractivity contribution in [1.82, 2.24) is 0 Å². The molecule has 0 spiro atoms. The number of carbonyl (C=O) groups excluding carboxylic acids is 1. The van der Waals surface area contributed by atoms with Crippen LogP contribution in [0.15, 0.2) is 105 Å². The van der Waals surface area contributed by atoms with Crippen molar-refractivity contribution in [2.45, 2.75) is 33.3 Å². The van der Waals surface area contributed by atoms with Crippen molar-refractivity contribution in [1.29, 1.82) is 5.26 Å². The number of anilines is 1. The number of hydrogen-bond acceptors (Lipinski definition) is 5. The minimum atomic E-state index is -0.118. The number of halogens is 1. The average Bonchev–Trinajstić information content (AvgIpc) is 3.30. The Morgan fingerprint density at radius 1 is 0.951 bits per heavy atom. The lowest BCUT2D eigenvalue weighted by atomic mass is 10.1. The van der Waals surface area contributed by atoms with Crippen molar-refractivity contribution in [2.75, 3.05) is 4.90 Å². The summed E-state index contributed by atoms with van der Waals surface area (Å²) in [5.41, 5.74) is 6.31. The first-order valence-electron chi connectivity index (χ1n) is 13.4. The molecule has 5 nitrogen and oxygen atoms in total. The Morgan fingerprint density at radius 3 is 2.29 bits per heavy atom. The van der Waals surface area contributed by atoms with E-state index in [4.69, 9.17) is 9.73 Å². The zero-order valence-corrected chi connectivity index (χ0v) is 25.2. The van der Waals surface area contributed by atoms with E-state index in [9.17, 15) is 10.1 Å². The van der Waals surface area contributed by atoms with Crippen LogP contribution in [0.3, 0.4) is 0 Å². The maximum absolute atomic E-state index is 13.7. The fourth-order valence-corrected chi connectivity index (χ4v) is 5.87. The highest BCUT2D eigenvalue weighted by Crippen LogP contribution is 2.38. The maximum atomic E-state index is 13.7. The number of ether oxygens (including phenoxy) is 1. The van der Waals surface area contributed by atoms with Crippen LogP contribution in [0, 0.1) is 11.3 Å². The van der Waals surface area contributed by atoms with E-state index < -0.39 is 0 Å². The maximum Gasteiger partial charge on any atom is 0.271 e. The summed E-state index contributed by atoms with van der Waals surface area (Å²) in [6.45, 7) is 4.51. The molecular weight excluding hydrogens is 594 g/mol. The number of benzene rings is 4. The second-order valence-electron chi connectivity index (χ2n) is 9.43. The van der Waals surface area contributed by atoms with Crippen LogP contribution in [0.5, 0.6) is 5.75 Å². The van der Waals surface area contributed by atoms with Gasteiger partial charge in [0.25, 0.3) is 5.91 Å². The Bertz CT molecular complexity index is 1670. The first-order valence-corrected chi connectivity index (χ1v) is 15.0. The zero-order valence-electron chi connectivity index (χ0n) is 22.8. The second kappa shape index (κ2) is 13.0. The van der Waals surface area contributed by atoms with Crippen LogP contribution in [-0.4, -0.2) is 11.1 Å². The summed E-state index contributed by atoms with van der Waals surface area (Å²) in [5, 5.41) is 9.95.